The van der Waals surface area contributed by atoms with E-state index in [-0.39, 0.29) is 12.3 Å². The summed E-state index contributed by atoms with van der Waals surface area (Å²) in [4.78, 5) is 26.2. The van der Waals surface area contributed by atoms with Crippen LogP contribution in [0.1, 0.15) is 24.5 Å². The standard InChI is InChI=1S/C10H14N2O3S/c1-3-9-12-7(5-16-9)4-8(13)11-6(2)10(14)15/h5-6H,3-4H2,1-2H3,(H,11,13)(H,14,15)/t6-/m1/s1. The van der Waals surface area contributed by atoms with Crippen LogP contribution in [-0.2, 0) is 22.4 Å². The Morgan fingerprint density at radius 1 is 1.62 bits per heavy atom. The second-order valence-corrected chi connectivity index (χ2v) is 4.33. The summed E-state index contributed by atoms with van der Waals surface area (Å²) in [6, 6.07) is -0.864. The zero-order valence-corrected chi connectivity index (χ0v) is 10.0. The van der Waals surface area contributed by atoms with Gasteiger partial charge in [0.1, 0.15) is 6.04 Å². The van der Waals surface area contributed by atoms with Gasteiger partial charge in [-0.25, -0.2) is 4.98 Å². The summed E-state index contributed by atoms with van der Waals surface area (Å²) >= 11 is 1.51. The van der Waals surface area contributed by atoms with E-state index < -0.39 is 12.0 Å². The molecule has 1 atom stereocenters. The fraction of sp³-hybridized carbons (Fsp3) is 0.500. The molecule has 0 bridgehead atoms. The van der Waals surface area contributed by atoms with E-state index in [1.165, 1.54) is 18.3 Å². The van der Waals surface area contributed by atoms with E-state index in [2.05, 4.69) is 10.3 Å². The highest BCUT2D eigenvalue weighted by atomic mass is 32.1. The Morgan fingerprint density at radius 2 is 2.31 bits per heavy atom. The minimum absolute atomic E-state index is 0.133. The molecule has 0 unspecified atom stereocenters. The van der Waals surface area contributed by atoms with Gasteiger partial charge in [0.25, 0.3) is 0 Å². The quantitative estimate of drug-likeness (QED) is 0.801. The molecule has 16 heavy (non-hydrogen) atoms. The van der Waals surface area contributed by atoms with Crippen LogP contribution in [0.4, 0.5) is 0 Å². The fourth-order valence-electron chi connectivity index (χ4n) is 1.11. The number of aliphatic carboxylic acids is 1. The van der Waals surface area contributed by atoms with Crippen molar-refractivity contribution < 1.29 is 14.7 Å². The Hall–Kier alpha value is -1.43. The second kappa shape index (κ2) is 5.60. The summed E-state index contributed by atoms with van der Waals surface area (Å²) in [5.41, 5.74) is 0.692. The monoisotopic (exact) mass is 242 g/mol. The van der Waals surface area contributed by atoms with Crippen molar-refractivity contribution in [3.05, 3.63) is 16.1 Å². The van der Waals surface area contributed by atoms with Crippen molar-refractivity contribution >= 4 is 23.2 Å². The van der Waals surface area contributed by atoms with Gasteiger partial charge < -0.3 is 10.4 Å². The van der Waals surface area contributed by atoms with Crippen molar-refractivity contribution in [2.45, 2.75) is 32.7 Å². The van der Waals surface area contributed by atoms with Gasteiger partial charge in [-0.05, 0) is 13.3 Å². The molecule has 0 radical (unpaired) electrons. The average Bonchev–Trinajstić information content (AvgIpc) is 2.65. The molecule has 0 fully saturated rings. The molecule has 0 aromatic carbocycles. The molecule has 1 amide bonds. The Morgan fingerprint density at radius 3 is 2.81 bits per heavy atom. The van der Waals surface area contributed by atoms with Crippen LogP contribution in [-0.4, -0.2) is 28.0 Å². The molecule has 2 N–H and O–H groups in total. The van der Waals surface area contributed by atoms with E-state index in [9.17, 15) is 9.59 Å². The molecule has 1 aromatic rings. The number of thiazole rings is 1. The second-order valence-electron chi connectivity index (χ2n) is 3.39. The van der Waals surface area contributed by atoms with Crippen molar-refractivity contribution in [3.8, 4) is 0 Å². The van der Waals surface area contributed by atoms with Crippen LogP contribution in [0.3, 0.4) is 0 Å². The zero-order chi connectivity index (χ0) is 12.1. The lowest BCUT2D eigenvalue weighted by molar-refractivity contribution is -0.141. The number of aromatic nitrogens is 1. The maximum absolute atomic E-state index is 11.4. The van der Waals surface area contributed by atoms with Crippen molar-refractivity contribution in [1.29, 1.82) is 0 Å². The van der Waals surface area contributed by atoms with Crippen molar-refractivity contribution in [2.24, 2.45) is 0 Å². The number of aryl methyl sites for hydroxylation is 1. The number of nitrogens with one attached hydrogen (secondary N) is 1. The first-order valence-corrected chi connectivity index (χ1v) is 5.86. The lowest BCUT2D eigenvalue weighted by Crippen LogP contribution is -2.39. The van der Waals surface area contributed by atoms with Gasteiger partial charge in [0.2, 0.25) is 5.91 Å². The molecule has 88 valence electrons. The molecule has 0 saturated carbocycles. The van der Waals surface area contributed by atoms with Gasteiger partial charge in [0, 0.05) is 5.38 Å². The highest BCUT2D eigenvalue weighted by molar-refractivity contribution is 7.09. The number of carbonyl (C=O) groups excluding carboxylic acids is 1. The van der Waals surface area contributed by atoms with Crippen LogP contribution >= 0.6 is 11.3 Å². The molecule has 6 heteroatoms. The van der Waals surface area contributed by atoms with Crippen LogP contribution in [0.25, 0.3) is 0 Å². The van der Waals surface area contributed by atoms with Crippen LogP contribution in [0.15, 0.2) is 5.38 Å². The first-order chi connectivity index (χ1) is 7.52. The van der Waals surface area contributed by atoms with Crippen LogP contribution in [0, 0.1) is 0 Å². The van der Waals surface area contributed by atoms with E-state index in [0.717, 1.165) is 11.4 Å². The lowest BCUT2D eigenvalue weighted by Gasteiger charge is -2.07. The summed E-state index contributed by atoms with van der Waals surface area (Å²) in [5.74, 6) is -1.36. The molecule has 5 nitrogen and oxygen atoms in total. The first-order valence-electron chi connectivity index (χ1n) is 4.98. The predicted octanol–water partition coefficient (Wildman–Crippen LogP) is 0.837. The van der Waals surface area contributed by atoms with E-state index in [1.54, 1.807) is 0 Å². The van der Waals surface area contributed by atoms with E-state index in [0.29, 0.717) is 5.69 Å². The molecule has 0 aliphatic heterocycles. The number of amides is 1. The topological polar surface area (TPSA) is 79.3 Å². The third kappa shape index (κ3) is 3.62. The summed E-state index contributed by atoms with van der Waals surface area (Å²) < 4.78 is 0. The smallest absolute Gasteiger partial charge is 0.325 e. The Labute approximate surface area is 97.5 Å². The third-order valence-corrected chi connectivity index (χ3v) is 3.03. The van der Waals surface area contributed by atoms with Gasteiger partial charge in [-0.1, -0.05) is 6.92 Å². The molecule has 0 saturated heterocycles. The Kier molecular flexibility index (Phi) is 4.42. The van der Waals surface area contributed by atoms with Gasteiger partial charge in [0.05, 0.1) is 17.1 Å². The highest BCUT2D eigenvalue weighted by Gasteiger charge is 2.14. The molecule has 0 aliphatic carbocycles. The number of carboxylic acids is 1. The van der Waals surface area contributed by atoms with Gasteiger partial charge in [-0.2, -0.15) is 0 Å². The summed E-state index contributed by atoms with van der Waals surface area (Å²) in [5, 5.41) is 13.8. The number of carbonyl (C=O) groups is 2. The normalized spacial score (nSPS) is 12.1. The minimum Gasteiger partial charge on any atom is -0.480 e. The third-order valence-electron chi connectivity index (χ3n) is 1.99. The zero-order valence-electron chi connectivity index (χ0n) is 9.19. The highest BCUT2D eigenvalue weighted by Crippen LogP contribution is 2.10. The Bertz CT molecular complexity index is 389. The maximum atomic E-state index is 11.4. The largest absolute Gasteiger partial charge is 0.480 e. The fourth-order valence-corrected chi connectivity index (χ4v) is 1.86. The van der Waals surface area contributed by atoms with Crippen LogP contribution in [0.2, 0.25) is 0 Å². The molecule has 0 spiro atoms. The van der Waals surface area contributed by atoms with Crippen molar-refractivity contribution in [3.63, 3.8) is 0 Å². The number of rotatable bonds is 5. The maximum Gasteiger partial charge on any atom is 0.325 e. The number of hydrogen-bond acceptors (Lipinski definition) is 4. The molecular formula is C10H14N2O3S. The van der Waals surface area contributed by atoms with Gasteiger partial charge in [-0.15, -0.1) is 11.3 Å². The SMILES string of the molecule is CCc1nc(CC(=O)N[C@H](C)C(=O)O)cs1. The van der Waals surface area contributed by atoms with Gasteiger partial charge in [0.15, 0.2) is 0 Å². The molecule has 1 rings (SSSR count). The van der Waals surface area contributed by atoms with Crippen molar-refractivity contribution in [1.82, 2.24) is 10.3 Å². The van der Waals surface area contributed by atoms with Crippen molar-refractivity contribution in [2.75, 3.05) is 0 Å². The van der Waals surface area contributed by atoms with E-state index >= 15 is 0 Å². The summed E-state index contributed by atoms with van der Waals surface area (Å²) in [6.07, 6.45) is 0.978. The predicted molar refractivity (Wildman–Crippen MR) is 60.4 cm³/mol. The van der Waals surface area contributed by atoms with E-state index in [4.69, 9.17) is 5.11 Å². The van der Waals surface area contributed by atoms with Crippen LogP contribution < -0.4 is 5.32 Å². The first kappa shape index (κ1) is 12.6. The summed E-state index contributed by atoms with van der Waals surface area (Å²) in [7, 11) is 0. The molecule has 0 aliphatic rings. The minimum atomic E-state index is -1.04. The molecule has 1 aromatic heterocycles. The average molecular weight is 242 g/mol. The van der Waals surface area contributed by atoms with E-state index in [1.807, 2.05) is 12.3 Å². The van der Waals surface area contributed by atoms with Gasteiger partial charge >= 0.3 is 5.97 Å². The summed E-state index contributed by atoms with van der Waals surface area (Å²) in [6.45, 7) is 3.42. The van der Waals surface area contributed by atoms with Crippen LogP contribution in [0.5, 0.6) is 0 Å². The lowest BCUT2D eigenvalue weighted by atomic mass is 10.3. The number of hydrogen-bond donors (Lipinski definition) is 2. The molecular weight excluding hydrogens is 228 g/mol. The van der Waals surface area contributed by atoms with Gasteiger partial charge in [-0.3, -0.25) is 9.59 Å². The number of carboxylic acid groups (broad SMARTS) is 1. The molecule has 1 heterocycles. The number of nitrogens with zero attached hydrogens (tertiary/aromatic N) is 1. The Balaban J connectivity index is 2.48.